The van der Waals surface area contributed by atoms with Gasteiger partial charge in [-0.2, -0.15) is 5.10 Å². The SMILES string of the molecule is Cn1cc(S(=O)(=O)N[C@H](CCO)c2cccs2)cn1. The fraction of sp³-hybridized carbons (Fsp3) is 0.364. The lowest BCUT2D eigenvalue weighted by molar-refractivity contribution is 0.273. The maximum Gasteiger partial charge on any atom is 0.244 e. The van der Waals surface area contributed by atoms with Crippen molar-refractivity contribution in [3.05, 3.63) is 34.8 Å². The summed E-state index contributed by atoms with van der Waals surface area (Å²) in [6, 6.07) is 3.27. The summed E-state index contributed by atoms with van der Waals surface area (Å²) < 4.78 is 28.4. The zero-order valence-electron chi connectivity index (χ0n) is 10.4. The molecule has 0 bridgehead atoms. The van der Waals surface area contributed by atoms with Crippen LogP contribution in [0.2, 0.25) is 0 Å². The molecular weight excluding hydrogens is 286 g/mol. The van der Waals surface area contributed by atoms with Crippen molar-refractivity contribution in [3.63, 3.8) is 0 Å². The number of hydrogen-bond acceptors (Lipinski definition) is 5. The Kier molecular flexibility index (Phi) is 4.35. The number of rotatable bonds is 6. The predicted molar refractivity (Wildman–Crippen MR) is 72.3 cm³/mol. The molecule has 2 rings (SSSR count). The molecule has 0 saturated heterocycles. The fourth-order valence-electron chi connectivity index (χ4n) is 1.67. The molecule has 8 heteroatoms. The molecule has 2 heterocycles. The Morgan fingerprint density at radius 2 is 2.37 bits per heavy atom. The van der Waals surface area contributed by atoms with Gasteiger partial charge in [-0.15, -0.1) is 11.3 Å². The van der Waals surface area contributed by atoms with Gasteiger partial charge in [0.2, 0.25) is 10.0 Å². The Labute approximate surface area is 115 Å². The van der Waals surface area contributed by atoms with Gasteiger partial charge in [0.05, 0.1) is 12.2 Å². The minimum Gasteiger partial charge on any atom is -0.396 e. The van der Waals surface area contributed by atoms with E-state index >= 15 is 0 Å². The van der Waals surface area contributed by atoms with Crippen LogP contribution < -0.4 is 4.72 Å². The number of aliphatic hydroxyl groups excluding tert-OH is 1. The topological polar surface area (TPSA) is 84.2 Å². The minimum absolute atomic E-state index is 0.0852. The smallest absolute Gasteiger partial charge is 0.244 e. The summed E-state index contributed by atoms with van der Waals surface area (Å²) in [5.41, 5.74) is 0. The molecule has 0 radical (unpaired) electrons. The van der Waals surface area contributed by atoms with Crippen LogP contribution in [-0.2, 0) is 17.1 Å². The molecule has 0 saturated carbocycles. The molecule has 0 spiro atoms. The molecule has 2 N–H and O–H groups in total. The summed E-state index contributed by atoms with van der Waals surface area (Å²) in [5, 5.41) is 14.8. The highest BCUT2D eigenvalue weighted by Gasteiger charge is 2.22. The van der Waals surface area contributed by atoms with E-state index in [4.69, 9.17) is 5.11 Å². The van der Waals surface area contributed by atoms with E-state index in [0.29, 0.717) is 6.42 Å². The Hall–Kier alpha value is -1.22. The Morgan fingerprint density at radius 1 is 1.58 bits per heavy atom. The van der Waals surface area contributed by atoms with E-state index in [9.17, 15) is 8.42 Å². The minimum atomic E-state index is -3.62. The van der Waals surface area contributed by atoms with E-state index in [0.717, 1.165) is 4.88 Å². The van der Waals surface area contributed by atoms with Crippen molar-refractivity contribution in [2.75, 3.05) is 6.61 Å². The first-order valence-electron chi connectivity index (χ1n) is 5.68. The molecule has 0 aliphatic carbocycles. The van der Waals surface area contributed by atoms with Gasteiger partial charge in [-0.1, -0.05) is 6.07 Å². The van der Waals surface area contributed by atoms with Gasteiger partial charge >= 0.3 is 0 Å². The average Bonchev–Trinajstić information content (AvgIpc) is 2.98. The Morgan fingerprint density at radius 3 is 2.89 bits per heavy atom. The molecule has 0 unspecified atom stereocenters. The second kappa shape index (κ2) is 5.83. The van der Waals surface area contributed by atoms with Gasteiger partial charge in [0.1, 0.15) is 4.90 Å². The first kappa shape index (κ1) is 14.2. The number of aliphatic hydroxyl groups is 1. The Balaban J connectivity index is 2.21. The van der Waals surface area contributed by atoms with E-state index in [-0.39, 0.29) is 11.5 Å². The standard InChI is InChI=1S/C11H15N3O3S2/c1-14-8-9(7-12-14)19(16,17)13-10(4-5-15)11-3-2-6-18-11/h2-3,6-8,10,13,15H,4-5H2,1H3/t10-/m1/s1. The second-order valence-corrected chi connectivity index (χ2v) is 6.74. The summed E-state index contributed by atoms with van der Waals surface area (Å²) in [6.45, 7) is -0.0852. The lowest BCUT2D eigenvalue weighted by atomic mass is 10.2. The van der Waals surface area contributed by atoms with Crippen LogP contribution >= 0.6 is 11.3 Å². The largest absolute Gasteiger partial charge is 0.396 e. The first-order chi connectivity index (χ1) is 9.03. The van der Waals surface area contributed by atoms with Crippen LogP contribution in [0.25, 0.3) is 0 Å². The normalized spacial score (nSPS) is 13.6. The Bertz CT molecular complexity index is 619. The van der Waals surface area contributed by atoms with E-state index in [1.807, 2.05) is 17.5 Å². The highest BCUT2D eigenvalue weighted by atomic mass is 32.2. The van der Waals surface area contributed by atoms with Crippen LogP contribution in [-0.4, -0.2) is 29.9 Å². The third kappa shape index (κ3) is 3.41. The van der Waals surface area contributed by atoms with Crippen LogP contribution in [0.4, 0.5) is 0 Å². The highest BCUT2D eigenvalue weighted by molar-refractivity contribution is 7.89. The van der Waals surface area contributed by atoms with Gasteiger partial charge in [0.15, 0.2) is 0 Å². The van der Waals surface area contributed by atoms with Crippen molar-refractivity contribution < 1.29 is 13.5 Å². The van der Waals surface area contributed by atoms with Gasteiger partial charge in [-0.05, 0) is 17.9 Å². The maximum atomic E-state index is 12.2. The van der Waals surface area contributed by atoms with Crippen molar-refractivity contribution in [1.29, 1.82) is 0 Å². The van der Waals surface area contributed by atoms with Crippen molar-refractivity contribution in [2.24, 2.45) is 7.05 Å². The molecule has 0 fully saturated rings. The molecule has 0 aliphatic heterocycles. The van der Waals surface area contributed by atoms with E-state index in [1.54, 1.807) is 7.05 Å². The molecule has 0 amide bonds. The maximum absolute atomic E-state index is 12.2. The van der Waals surface area contributed by atoms with Crippen molar-refractivity contribution in [2.45, 2.75) is 17.4 Å². The third-order valence-corrected chi connectivity index (χ3v) is 5.01. The summed E-state index contributed by atoms with van der Waals surface area (Å²) in [6.07, 6.45) is 3.07. The second-order valence-electron chi connectivity index (χ2n) is 4.05. The van der Waals surface area contributed by atoms with Crippen LogP contribution in [0.15, 0.2) is 34.8 Å². The molecule has 104 valence electrons. The number of hydrogen-bond donors (Lipinski definition) is 2. The third-order valence-electron chi connectivity index (χ3n) is 2.59. The number of aryl methyl sites for hydroxylation is 1. The number of thiophene rings is 1. The first-order valence-corrected chi connectivity index (χ1v) is 8.04. The summed E-state index contributed by atoms with van der Waals surface area (Å²) >= 11 is 1.45. The van der Waals surface area contributed by atoms with Gasteiger partial charge < -0.3 is 5.11 Å². The van der Waals surface area contributed by atoms with Gasteiger partial charge in [0.25, 0.3) is 0 Å². The molecule has 2 aromatic rings. The fourth-order valence-corrected chi connectivity index (χ4v) is 3.79. The van der Waals surface area contributed by atoms with Crippen molar-refractivity contribution in [3.8, 4) is 0 Å². The van der Waals surface area contributed by atoms with Crippen molar-refractivity contribution >= 4 is 21.4 Å². The monoisotopic (exact) mass is 301 g/mol. The lowest BCUT2D eigenvalue weighted by Gasteiger charge is -2.15. The molecule has 0 aliphatic rings. The van der Waals surface area contributed by atoms with Gasteiger partial charge in [0, 0.05) is 24.7 Å². The zero-order valence-corrected chi connectivity index (χ0v) is 12.0. The number of nitrogens with one attached hydrogen (secondary N) is 1. The highest BCUT2D eigenvalue weighted by Crippen LogP contribution is 2.23. The van der Waals surface area contributed by atoms with Gasteiger partial charge in [-0.3, -0.25) is 4.68 Å². The molecule has 2 aromatic heterocycles. The number of nitrogens with zero attached hydrogens (tertiary/aromatic N) is 2. The summed E-state index contributed by atoms with van der Waals surface area (Å²) in [4.78, 5) is 0.996. The zero-order chi connectivity index (χ0) is 13.9. The molecule has 6 nitrogen and oxygen atoms in total. The quantitative estimate of drug-likeness (QED) is 0.829. The van der Waals surface area contributed by atoms with Crippen LogP contribution in [0, 0.1) is 0 Å². The van der Waals surface area contributed by atoms with Crippen LogP contribution in [0.5, 0.6) is 0 Å². The predicted octanol–water partition coefficient (Wildman–Crippen LogP) is 0.884. The summed E-state index contributed by atoms with van der Waals surface area (Å²) in [5.74, 6) is 0. The molecule has 0 aromatic carbocycles. The molecule has 1 atom stereocenters. The number of aromatic nitrogens is 2. The molecule has 19 heavy (non-hydrogen) atoms. The molecular formula is C11H15N3O3S2. The number of sulfonamides is 1. The van der Waals surface area contributed by atoms with E-state index in [1.165, 1.54) is 28.4 Å². The summed E-state index contributed by atoms with van der Waals surface area (Å²) in [7, 11) is -1.97. The van der Waals surface area contributed by atoms with E-state index < -0.39 is 16.1 Å². The van der Waals surface area contributed by atoms with Gasteiger partial charge in [-0.25, -0.2) is 13.1 Å². The van der Waals surface area contributed by atoms with E-state index in [2.05, 4.69) is 9.82 Å². The van der Waals surface area contributed by atoms with Crippen LogP contribution in [0.1, 0.15) is 17.3 Å². The van der Waals surface area contributed by atoms with Crippen LogP contribution in [0.3, 0.4) is 0 Å². The van der Waals surface area contributed by atoms with Crippen molar-refractivity contribution in [1.82, 2.24) is 14.5 Å². The average molecular weight is 301 g/mol. The lowest BCUT2D eigenvalue weighted by Crippen LogP contribution is -2.28.